The van der Waals surface area contributed by atoms with E-state index in [4.69, 9.17) is 9.63 Å². The Morgan fingerprint density at radius 1 is 1.00 bits per heavy atom. The molecule has 1 aromatic heterocycles. The maximum atomic E-state index is 13.7. The van der Waals surface area contributed by atoms with Crippen molar-refractivity contribution in [2.45, 2.75) is 0 Å². The van der Waals surface area contributed by atoms with Crippen molar-refractivity contribution >= 4 is 5.97 Å². The van der Waals surface area contributed by atoms with Gasteiger partial charge in [0.25, 0.3) is 0 Å². The molecule has 0 bridgehead atoms. The maximum absolute atomic E-state index is 13.7. The smallest absolute Gasteiger partial charge is 0.335 e. The topological polar surface area (TPSA) is 63.3 Å². The average molecular weight is 319 g/mol. The third-order valence-electron chi connectivity index (χ3n) is 3.24. The number of carboxylic acids is 1. The summed E-state index contributed by atoms with van der Waals surface area (Å²) in [5, 5.41) is 12.5. The van der Waals surface area contributed by atoms with E-state index in [1.54, 1.807) is 0 Å². The van der Waals surface area contributed by atoms with Crippen LogP contribution in [0.2, 0.25) is 0 Å². The van der Waals surface area contributed by atoms with Gasteiger partial charge in [-0.2, -0.15) is 0 Å². The number of hydrogen-bond donors (Lipinski definition) is 1. The number of aromatic nitrogens is 1. The monoisotopic (exact) mass is 319 g/mol. The Morgan fingerprint density at radius 2 is 1.70 bits per heavy atom. The van der Waals surface area contributed by atoms with Crippen LogP contribution in [0.3, 0.4) is 0 Å². The molecule has 7 heteroatoms. The molecule has 2 aromatic carbocycles. The first kappa shape index (κ1) is 14.8. The minimum Gasteiger partial charge on any atom is -0.478 e. The third kappa shape index (κ3) is 2.68. The van der Waals surface area contributed by atoms with Crippen LogP contribution in [0.1, 0.15) is 10.4 Å². The molecule has 0 atom stereocenters. The summed E-state index contributed by atoms with van der Waals surface area (Å²) in [6.45, 7) is 0. The fourth-order valence-electron chi connectivity index (χ4n) is 2.04. The SMILES string of the molecule is O=C(O)c1ccc(-c2cc(-c3ccc(F)c(F)c3F)no2)cc1. The third-order valence-corrected chi connectivity index (χ3v) is 3.24. The van der Waals surface area contributed by atoms with Crippen molar-refractivity contribution in [2.75, 3.05) is 0 Å². The normalized spacial score (nSPS) is 10.7. The van der Waals surface area contributed by atoms with Crippen molar-refractivity contribution in [3.63, 3.8) is 0 Å². The minimum atomic E-state index is -1.59. The number of hydrogen-bond acceptors (Lipinski definition) is 3. The molecule has 0 unspecified atom stereocenters. The van der Waals surface area contributed by atoms with Gasteiger partial charge in [-0.3, -0.25) is 0 Å². The molecular weight excluding hydrogens is 311 g/mol. The van der Waals surface area contributed by atoms with E-state index in [1.165, 1.54) is 30.3 Å². The molecule has 0 spiro atoms. The summed E-state index contributed by atoms with van der Waals surface area (Å²) in [6, 6.07) is 8.94. The molecule has 0 radical (unpaired) electrons. The minimum absolute atomic E-state index is 0.00119. The van der Waals surface area contributed by atoms with Crippen LogP contribution in [0.25, 0.3) is 22.6 Å². The summed E-state index contributed by atoms with van der Waals surface area (Å²) in [7, 11) is 0. The van der Waals surface area contributed by atoms with E-state index in [-0.39, 0.29) is 22.6 Å². The van der Waals surface area contributed by atoms with Crippen LogP contribution in [-0.4, -0.2) is 16.2 Å². The number of nitrogens with zero attached hydrogens (tertiary/aromatic N) is 1. The Hall–Kier alpha value is -3.09. The average Bonchev–Trinajstić information content (AvgIpc) is 3.02. The summed E-state index contributed by atoms with van der Waals surface area (Å²) >= 11 is 0. The number of aromatic carboxylic acids is 1. The van der Waals surface area contributed by atoms with Gasteiger partial charge < -0.3 is 9.63 Å². The number of carbonyl (C=O) groups is 1. The molecule has 1 heterocycles. The van der Waals surface area contributed by atoms with Gasteiger partial charge in [-0.25, -0.2) is 18.0 Å². The zero-order chi connectivity index (χ0) is 16.6. The molecule has 3 rings (SSSR count). The first-order valence-electron chi connectivity index (χ1n) is 6.41. The molecule has 0 fully saturated rings. The molecule has 0 aliphatic rings. The molecule has 23 heavy (non-hydrogen) atoms. The second-order valence-electron chi connectivity index (χ2n) is 4.68. The Bertz CT molecular complexity index is 888. The molecule has 0 aliphatic carbocycles. The fourth-order valence-corrected chi connectivity index (χ4v) is 2.04. The largest absolute Gasteiger partial charge is 0.478 e. The summed E-state index contributed by atoms with van der Waals surface area (Å²) in [5.41, 5.74) is 0.372. The molecule has 3 aromatic rings. The van der Waals surface area contributed by atoms with Crippen LogP contribution < -0.4 is 0 Å². The highest BCUT2D eigenvalue weighted by molar-refractivity contribution is 5.88. The Balaban J connectivity index is 1.97. The van der Waals surface area contributed by atoms with Crippen molar-refractivity contribution in [1.82, 2.24) is 5.16 Å². The van der Waals surface area contributed by atoms with E-state index < -0.39 is 23.4 Å². The number of halogens is 3. The van der Waals surface area contributed by atoms with Crippen molar-refractivity contribution in [3.05, 3.63) is 65.5 Å². The highest BCUT2D eigenvalue weighted by Gasteiger charge is 2.18. The van der Waals surface area contributed by atoms with E-state index >= 15 is 0 Å². The van der Waals surface area contributed by atoms with Crippen LogP contribution in [0, 0.1) is 17.5 Å². The summed E-state index contributed by atoms with van der Waals surface area (Å²) in [4.78, 5) is 10.8. The number of rotatable bonds is 3. The van der Waals surface area contributed by atoms with Crippen LogP contribution in [0.15, 0.2) is 47.0 Å². The van der Waals surface area contributed by atoms with Crippen LogP contribution >= 0.6 is 0 Å². The van der Waals surface area contributed by atoms with Gasteiger partial charge >= 0.3 is 5.97 Å². The van der Waals surface area contributed by atoms with Crippen molar-refractivity contribution in [2.24, 2.45) is 0 Å². The van der Waals surface area contributed by atoms with Gasteiger partial charge in [0, 0.05) is 17.2 Å². The van der Waals surface area contributed by atoms with E-state index in [0.717, 1.165) is 12.1 Å². The highest BCUT2D eigenvalue weighted by Crippen LogP contribution is 2.29. The molecule has 116 valence electrons. The van der Waals surface area contributed by atoms with E-state index in [0.29, 0.717) is 5.56 Å². The van der Waals surface area contributed by atoms with Crippen molar-refractivity contribution < 1.29 is 27.6 Å². The van der Waals surface area contributed by atoms with Crippen molar-refractivity contribution in [1.29, 1.82) is 0 Å². The van der Waals surface area contributed by atoms with Crippen LogP contribution in [0.5, 0.6) is 0 Å². The van der Waals surface area contributed by atoms with Gasteiger partial charge in [0.2, 0.25) is 0 Å². The summed E-state index contributed by atoms with van der Waals surface area (Å²) in [6.07, 6.45) is 0. The molecule has 4 nitrogen and oxygen atoms in total. The van der Waals surface area contributed by atoms with Gasteiger partial charge in [-0.1, -0.05) is 17.3 Å². The lowest BCUT2D eigenvalue weighted by molar-refractivity contribution is 0.0697. The molecular formula is C16H8F3NO3. The van der Waals surface area contributed by atoms with E-state index in [1.807, 2.05) is 0 Å². The molecule has 1 N–H and O–H groups in total. The summed E-state index contributed by atoms with van der Waals surface area (Å²) < 4.78 is 45.0. The highest BCUT2D eigenvalue weighted by atomic mass is 19.2. The van der Waals surface area contributed by atoms with Gasteiger partial charge in [-0.15, -0.1) is 0 Å². The van der Waals surface area contributed by atoms with Gasteiger partial charge in [0.05, 0.1) is 5.56 Å². The second-order valence-corrected chi connectivity index (χ2v) is 4.68. The predicted molar refractivity (Wildman–Crippen MR) is 74.2 cm³/mol. The lowest BCUT2D eigenvalue weighted by Crippen LogP contribution is -1.94. The zero-order valence-electron chi connectivity index (χ0n) is 11.4. The molecule has 0 saturated heterocycles. The lowest BCUT2D eigenvalue weighted by Gasteiger charge is -2.00. The number of carboxylic acid groups (broad SMARTS) is 1. The fraction of sp³-hybridized carbons (Fsp3) is 0. The van der Waals surface area contributed by atoms with Gasteiger partial charge in [0.1, 0.15) is 5.69 Å². The molecule has 0 aliphatic heterocycles. The number of benzene rings is 2. The standard InChI is InChI=1S/C16H8F3NO3/c17-11-6-5-10(14(18)15(11)19)12-7-13(23-20-12)8-1-3-9(4-2-8)16(21)22/h1-7H,(H,21,22). The first-order chi connectivity index (χ1) is 11.0. The van der Waals surface area contributed by atoms with Gasteiger partial charge in [-0.05, 0) is 24.3 Å². The molecule has 0 saturated carbocycles. The van der Waals surface area contributed by atoms with Crippen LogP contribution in [-0.2, 0) is 0 Å². The summed E-state index contributed by atoms with van der Waals surface area (Å²) in [5.74, 6) is -5.07. The van der Waals surface area contributed by atoms with Crippen LogP contribution in [0.4, 0.5) is 13.2 Å². The first-order valence-corrected chi connectivity index (χ1v) is 6.41. The van der Waals surface area contributed by atoms with E-state index in [9.17, 15) is 18.0 Å². The Labute approximate surface area is 127 Å². The van der Waals surface area contributed by atoms with Crippen molar-refractivity contribution in [3.8, 4) is 22.6 Å². The maximum Gasteiger partial charge on any atom is 0.335 e. The predicted octanol–water partition coefficient (Wildman–Crippen LogP) is 4.12. The Morgan fingerprint density at radius 3 is 2.35 bits per heavy atom. The molecule has 0 amide bonds. The van der Waals surface area contributed by atoms with Gasteiger partial charge in [0.15, 0.2) is 23.2 Å². The quantitative estimate of drug-likeness (QED) is 0.738. The Kier molecular flexibility index (Phi) is 3.61. The lowest BCUT2D eigenvalue weighted by atomic mass is 10.1. The van der Waals surface area contributed by atoms with E-state index in [2.05, 4.69) is 5.16 Å². The second kappa shape index (κ2) is 5.60. The zero-order valence-corrected chi connectivity index (χ0v) is 11.4.